The number of halogens is 2. The average Bonchev–Trinajstić information content (AvgIpc) is 2.85. The van der Waals surface area contributed by atoms with Crippen LogP contribution in [0.3, 0.4) is 0 Å². The fraction of sp³-hybridized carbons (Fsp3) is 0.214. The number of benzene rings is 1. The number of aromatic nitrogens is 4. The second kappa shape index (κ2) is 4.96. The van der Waals surface area contributed by atoms with Crippen LogP contribution in [0, 0.1) is 5.82 Å². The van der Waals surface area contributed by atoms with Crippen molar-refractivity contribution in [3.8, 4) is 5.82 Å². The molecule has 0 aliphatic heterocycles. The van der Waals surface area contributed by atoms with Gasteiger partial charge in [-0.3, -0.25) is 9.48 Å². The van der Waals surface area contributed by atoms with Crippen LogP contribution in [0.1, 0.15) is 18.1 Å². The molecule has 21 heavy (non-hydrogen) atoms. The van der Waals surface area contributed by atoms with Crippen molar-refractivity contribution in [1.29, 1.82) is 0 Å². The molecule has 3 rings (SSSR count). The van der Waals surface area contributed by atoms with Gasteiger partial charge in [-0.1, -0.05) is 0 Å². The summed E-state index contributed by atoms with van der Waals surface area (Å²) in [6, 6.07) is 5.59. The molecule has 5 nitrogen and oxygen atoms in total. The van der Waals surface area contributed by atoms with Gasteiger partial charge >= 0.3 is 0 Å². The first-order valence-corrected chi connectivity index (χ1v) is 6.77. The van der Waals surface area contributed by atoms with E-state index in [4.69, 9.17) is 11.6 Å². The Labute approximate surface area is 124 Å². The quantitative estimate of drug-likeness (QED) is 0.684. The van der Waals surface area contributed by atoms with Crippen molar-refractivity contribution in [3.63, 3.8) is 0 Å². The lowest BCUT2D eigenvalue weighted by molar-refractivity contribution is 0.629. The maximum atomic E-state index is 13.4. The van der Waals surface area contributed by atoms with Crippen molar-refractivity contribution < 1.29 is 4.39 Å². The molecular weight excluding hydrogens is 295 g/mol. The van der Waals surface area contributed by atoms with E-state index in [-0.39, 0.29) is 10.9 Å². The highest BCUT2D eigenvalue weighted by atomic mass is 35.5. The van der Waals surface area contributed by atoms with Gasteiger partial charge in [0.15, 0.2) is 5.82 Å². The highest BCUT2D eigenvalue weighted by Crippen LogP contribution is 2.21. The third kappa shape index (κ3) is 2.31. The van der Waals surface area contributed by atoms with Gasteiger partial charge in [-0.05, 0) is 25.1 Å². The predicted octanol–water partition coefficient (Wildman–Crippen LogP) is 2.56. The van der Waals surface area contributed by atoms with Crippen molar-refractivity contribution in [3.05, 3.63) is 52.5 Å². The summed E-state index contributed by atoms with van der Waals surface area (Å²) in [6.45, 7) is 1.72. The molecular formula is C14H12ClFN4O. The van der Waals surface area contributed by atoms with E-state index < -0.39 is 11.2 Å². The normalized spacial score (nSPS) is 12.8. The molecule has 0 radical (unpaired) electrons. The molecule has 0 spiro atoms. The Balaban J connectivity index is 2.42. The smallest absolute Gasteiger partial charge is 0.267 e. The van der Waals surface area contributed by atoms with Crippen molar-refractivity contribution in [2.24, 2.45) is 7.05 Å². The van der Waals surface area contributed by atoms with Gasteiger partial charge in [0.1, 0.15) is 11.6 Å². The Morgan fingerprint density at radius 3 is 2.71 bits per heavy atom. The predicted molar refractivity (Wildman–Crippen MR) is 78.3 cm³/mol. The number of hydrogen-bond donors (Lipinski definition) is 0. The molecule has 2 heterocycles. The van der Waals surface area contributed by atoms with E-state index in [2.05, 4.69) is 10.1 Å². The van der Waals surface area contributed by atoms with Crippen LogP contribution in [0.4, 0.5) is 4.39 Å². The molecule has 7 heteroatoms. The Bertz CT molecular complexity index is 884. The summed E-state index contributed by atoms with van der Waals surface area (Å²) in [5.74, 6) is 0.295. The zero-order valence-electron chi connectivity index (χ0n) is 11.4. The summed E-state index contributed by atoms with van der Waals surface area (Å²) < 4.78 is 16.3. The molecule has 0 saturated carbocycles. The first-order chi connectivity index (χ1) is 9.97. The minimum Gasteiger partial charge on any atom is -0.274 e. The van der Waals surface area contributed by atoms with Crippen molar-refractivity contribution in [2.75, 3.05) is 0 Å². The summed E-state index contributed by atoms with van der Waals surface area (Å²) in [6.07, 6.45) is 1.71. The van der Waals surface area contributed by atoms with Gasteiger partial charge in [-0.2, -0.15) is 5.10 Å². The van der Waals surface area contributed by atoms with Gasteiger partial charge in [-0.15, -0.1) is 11.6 Å². The minimum atomic E-state index is -0.492. The Kier molecular flexibility index (Phi) is 3.25. The molecule has 1 aromatic carbocycles. The van der Waals surface area contributed by atoms with Crippen LogP contribution >= 0.6 is 11.6 Å². The average molecular weight is 307 g/mol. The monoisotopic (exact) mass is 306 g/mol. The number of nitrogens with zero attached hydrogens (tertiary/aromatic N) is 4. The topological polar surface area (TPSA) is 52.7 Å². The summed E-state index contributed by atoms with van der Waals surface area (Å²) in [7, 11) is 1.74. The van der Waals surface area contributed by atoms with Crippen LogP contribution in [0.15, 0.2) is 35.3 Å². The molecule has 0 aliphatic carbocycles. The van der Waals surface area contributed by atoms with Crippen molar-refractivity contribution in [2.45, 2.75) is 12.3 Å². The van der Waals surface area contributed by atoms with Crippen LogP contribution in [0.2, 0.25) is 0 Å². The molecule has 0 N–H and O–H groups in total. The van der Waals surface area contributed by atoms with E-state index in [1.54, 1.807) is 30.9 Å². The van der Waals surface area contributed by atoms with E-state index in [1.165, 1.54) is 22.8 Å². The van der Waals surface area contributed by atoms with Crippen molar-refractivity contribution in [1.82, 2.24) is 19.3 Å². The Hall–Kier alpha value is -2.21. The van der Waals surface area contributed by atoms with Crippen LogP contribution in [0.5, 0.6) is 0 Å². The molecule has 0 amide bonds. The fourth-order valence-corrected chi connectivity index (χ4v) is 2.33. The summed E-state index contributed by atoms with van der Waals surface area (Å²) in [5, 5.41) is 3.91. The Morgan fingerprint density at radius 2 is 2.10 bits per heavy atom. The molecule has 0 bridgehead atoms. The first-order valence-electron chi connectivity index (χ1n) is 6.33. The van der Waals surface area contributed by atoms with Crippen LogP contribution in [0.25, 0.3) is 16.7 Å². The lowest BCUT2D eigenvalue weighted by Crippen LogP contribution is -2.25. The SMILES string of the molecule is C[C@@H](Cl)c1nc2ccc(F)cc2c(=O)n1-c1ccn(C)n1. The van der Waals surface area contributed by atoms with Crippen molar-refractivity contribution >= 4 is 22.5 Å². The number of aryl methyl sites for hydroxylation is 1. The maximum Gasteiger partial charge on any atom is 0.267 e. The fourth-order valence-electron chi connectivity index (χ4n) is 2.19. The molecule has 2 aromatic heterocycles. The zero-order valence-corrected chi connectivity index (χ0v) is 12.2. The van der Waals surface area contributed by atoms with Gasteiger partial charge in [-0.25, -0.2) is 13.9 Å². The lowest BCUT2D eigenvalue weighted by Gasteiger charge is -2.12. The number of alkyl halides is 1. The number of hydrogen-bond acceptors (Lipinski definition) is 3. The summed E-state index contributed by atoms with van der Waals surface area (Å²) in [4.78, 5) is 17.0. The van der Waals surface area contributed by atoms with E-state index >= 15 is 0 Å². The molecule has 3 aromatic rings. The second-order valence-electron chi connectivity index (χ2n) is 4.74. The highest BCUT2D eigenvalue weighted by molar-refractivity contribution is 6.20. The van der Waals surface area contributed by atoms with E-state index in [0.717, 1.165) is 0 Å². The number of fused-ring (bicyclic) bond motifs is 1. The van der Waals surface area contributed by atoms with E-state index in [1.807, 2.05) is 0 Å². The third-order valence-corrected chi connectivity index (χ3v) is 3.34. The van der Waals surface area contributed by atoms with E-state index in [0.29, 0.717) is 17.2 Å². The van der Waals surface area contributed by atoms with E-state index in [9.17, 15) is 9.18 Å². The molecule has 1 atom stereocenters. The van der Waals surface area contributed by atoms with Crippen LogP contribution < -0.4 is 5.56 Å². The molecule has 0 fully saturated rings. The molecule has 108 valence electrons. The molecule has 0 aliphatic rings. The second-order valence-corrected chi connectivity index (χ2v) is 5.39. The highest BCUT2D eigenvalue weighted by Gasteiger charge is 2.18. The first kappa shape index (κ1) is 13.8. The summed E-state index contributed by atoms with van der Waals surface area (Å²) >= 11 is 6.14. The molecule has 0 saturated heterocycles. The van der Waals surface area contributed by atoms with Gasteiger partial charge in [0.25, 0.3) is 5.56 Å². The standard InChI is InChI=1S/C14H12ClFN4O/c1-8(15)13-17-11-4-3-9(16)7-10(11)14(21)20(13)12-5-6-19(2)18-12/h3-8H,1-2H3/t8-/m1/s1. The third-order valence-electron chi connectivity index (χ3n) is 3.14. The van der Waals surface area contributed by atoms with Gasteiger partial charge < -0.3 is 0 Å². The zero-order chi connectivity index (χ0) is 15.1. The summed E-state index contributed by atoms with van der Waals surface area (Å²) in [5.41, 5.74) is 0.0248. The Morgan fingerprint density at radius 1 is 1.33 bits per heavy atom. The maximum absolute atomic E-state index is 13.4. The number of rotatable bonds is 2. The van der Waals surface area contributed by atoms with Gasteiger partial charge in [0.2, 0.25) is 0 Å². The van der Waals surface area contributed by atoms with Gasteiger partial charge in [0, 0.05) is 19.3 Å². The van der Waals surface area contributed by atoms with Crippen LogP contribution in [-0.2, 0) is 7.05 Å². The van der Waals surface area contributed by atoms with Gasteiger partial charge in [0.05, 0.1) is 16.3 Å². The molecule has 0 unspecified atom stereocenters. The minimum absolute atomic E-state index is 0.196. The van der Waals surface area contributed by atoms with Crippen LogP contribution in [-0.4, -0.2) is 19.3 Å². The lowest BCUT2D eigenvalue weighted by atomic mass is 10.2. The largest absolute Gasteiger partial charge is 0.274 e.